The molecule has 0 unspecified atom stereocenters. The minimum absolute atomic E-state index is 0.0195. The monoisotopic (exact) mass is 526 g/mol. The number of fused-ring (bicyclic) bond motifs is 1. The third kappa shape index (κ3) is 5.52. The van der Waals surface area contributed by atoms with Crippen molar-refractivity contribution in [1.29, 1.82) is 0 Å². The number of rotatable bonds is 6. The summed E-state index contributed by atoms with van der Waals surface area (Å²) >= 11 is 13.6. The van der Waals surface area contributed by atoms with Gasteiger partial charge in [-0.15, -0.1) is 11.3 Å². The van der Waals surface area contributed by atoms with Gasteiger partial charge in [0.1, 0.15) is 23.7 Å². The summed E-state index contributed by atoms with van der Waals surface area (Å²) in [6, 6.07) is 13.9. The van der Waals surface area contributed by atoms with Crippen LogP contribution in [0.2, 0.25) is 10.0 Å². The molecule has 0 saturated heterocycles. The predicted octanol–water partition coefficient (Wildman–Crippen LogP) is 6.12. The van der Waals surface area contributed by atoms with Crippen molar-refractivity contribution in [3.05, 3.63) is 69.0 Å². The number of nitrogens with zero attached hydrogens (tertiary/aromatic N) is 2. The molecular formula is C22H15Cl2F3N4O2S. The Kier molecular flexibility index (Phi) is 6.83. The molecule has 1 amide bonds. The number of anilines is 1. The van der Waals surface area contributed by atoms with Crippen LogP contribution in [0, 0.1) is 0 Å². The Morgan fingerprint density at radius 1 is 1.09 bits per heavy atom. The number of carbonyl (C=O) groups excluding carboxylic acids is 1. The molecule has 0 fully saturated rings. The summed E-state index contributed by atoms with van der Waals surface area (Å²) in [4.78, 5) is 20.9. The van der Waals surface area contributed by atoms with Gasteiger partial charge in [0.05, 0.1) is 20.6 Å². The fourth-order valence-corrected chi connectivity index (χ4v) is 4.56. The number of thiophene rings is 1. The highest BCUT2D eigenvalue weighted by atomic mass is 35.5. The lowest BCUT2D eigenvalue weighted by molar-refractivity contribution is -0.123. The number of alkyl halides is 3. The number of hydrogen-bond acceptors (Lipinski definition) is 6. The molecule has 12 heteroatoms. The van der Waals surface area contributed by atoms with Gasteiger partial charge >= 0.3 is 6.18 Å². The van der Waals surface area contributed by atoms with Gasteiger partial charge in [-0.1, -0.05) is 53.5 Å². The summed E-state index contributed by atoms with van der Waals surface area (Å²) in [5.41, 5.74) is 7.48. The van der Waals surface area contributed by atoms with E-state index in [1.807, 2.05) is 35.6 Å². The fourth-order valence-electron chi connectivity index (χ4n) is 3.08. The molecule has 0 radical (unpaired) electrons. The highest BCUT2D eigenvalue weighted by Crippen LogP contribution is 2.40. The van der Waals surface area contributed by atoms with E-state index in [2.05, 4.69) is 9.97 Å². The zero-order valence-electron chi connectivity index (χ0n) is 17.1. The van der Waals surface area contributed by atoms with Crippen molar-refractivity contribution in [2.75, 3.05) is 12.3 Å². The van der Waals surface area contributed by atoms with Crippen molar-refractivity contribution < 1.29 is 22.7 Å². The van der Waals surface area contributed by atoms with Crippen LogP contribution in [0.3, 0.4) is 0 Å². The van der Waals surface area contributed by atoms with E-state index in [1.165, 1.54) is 12.1 Å². The van der Waals surface area contributed by atoms with Gasteiger partial charge in [-0.25, -0.2) is 9.97 Å². The summed E-state index contributed by atoms with van der Waals surface area (Å²) in [5.74, 6) is -0.642. The molecule has 2 aromatic carbocycles. The number of aromatic nitrogens is 2. The third-order valence-corrected chi connectivity index (χ3v) is 6.23. The van der Waals surface area contributed by atoms with Crippen LogP contribution in [-0.4, -0.2) is 28.6 Å². The number of nitrogens with one attached hydrogen (secondary N) is 1. The summed E-state index contributed by atoms with van der Waals surface area (Å²) in [5, 5.41) is 2.75. The lowest BCUT2D eigenvalue weighted by Crippen LogP contribution is -2.33. The number of ether oxygens (including phenoxy) is 1. The standard InChI is InChI=1S/C22H15Cl2F3N4O2S/c23-14-8-15(24)16(33-9-11-4-2-1-3-5-11)6-12(14)18-13-7-17(19(32)29-10-22(25,26)27)34-20(13)31-21(28)30-18/h1-8H,9-10H2,(H,29,32)(H2,28,30,31). The molecule has 0 aliphatic carbocycles. The van der Waals surface area contributed by atoms with Crippen LogP contribution in [0.15, 0.2) is 48.5 Å². The molecule has 34 heavy (non-hydrogen) atoms. The summed E-state index contributed by atoms with van der Waals surface area (Å²) in [7, 11) is 0. The highest BCUT2D eigenvalue weighted by Gasteiger charge is 2.28. The Morgan fingerprint density at radius 3 is 2.53 bits per heavy atom. The average molecular weight is 527 g/mol. The topological polar surface area (TPSA) is 90.1 Å². The summed E-state index contributed by atoms with van der Waals surface area (Å²) < 4.78 is 43.3. The van der Waals surface area contributed by atoms with Gasteiger partial charge in [0.2, 0.25) is 5.95 Å². The van der Waals surface area contributed by atoms with Crippen molar-refractivity contribution in [3.63, 3.8) is 0 Å². The lowest BCUT2D eigenvalue weighted by atomic mass is 10.1. The van der Waals surface area contributed by atoms with Crippen LogP contribution >= 0.6 is 34.5 Å². The summed E-state index contributed by atoms with van der Waals surface area (Å²) in [6.07, 6.45) is -4.53. The van der Waals surface area contributed by atoms with Gasteiger partial charge in [-0.2, -0.15) is 13.2 Å². The zero-order valence-corrected chi connectivity index (χ0v) is 19.4. The number of halogens is 5. The van der Waals surface area contributed by atoms with Crippen LogP contribution in [0.25, 0.3) is 21.5 Å². The highest BCUT2D eigenvalue weighted by molar-refractivity contribution is 7.20. The number of carbonyl (C=O) groups is 1. The Morgan fingerprint density at radius 2 is 1.82 bits per heavy atom. The maximum Gasteiger partial charge on any atom is 0.405 e. The molecule has 0 saturated carbocycles. The van der Waals surface area contributed by atoms with E-state index in [0.717, 1.165) is 16.9 Å². The SMILES string of the molecule is Nc1nc(-c2cc(OCc3ccccc3)c(Cl)cc2Cl)c2cc(C(=O)NCC(F)(F)F)sc2n1. The van der Waals surface area contributed by atoms with E-state index in [0.29, 0.717) is 27.2 Å². The van der Waals surface area contributed by atoms with Gasteiger partial charge in [-0.05, 0) is 23.8 Å². The van der Waals surface area contributed by atoms with E-state index in [9.17, 15) is 18.0 Å². The second-order valence-corrected chi connectivity index (χ2v) is 8.94. The summed E-state index contributed by atoms with van der Waals surface area (Å²) in [6.45, 7) is -1.20. The first kappa shape index (κ1) is 24.1. The number of nitrogen functional groups attached to an aromatic ring is 1. The fraction of sp³-hybridized carbons (Fsp3) is 0.136. The largest absolute Gasteiger partial charge is 0.487 e. The smallest absolute Gasteiger partial charge is 0.405 e. The van der Waals surface area contributed by atoms with Gasteiger partial charge in [-0.3, -0.25) is 4.79 Å². The second-order valence-electron chi connectivity index (χ2n) is 7.09. The molecule has 4 aromatic rings. The van der Waals surface area contributed by atoms with Crippen LogP contribution < -0.4 is 15.8 Å². The molecule has 176 valence electrons. The van der Waals surface area contributed by atoms with Crippen molar-refractivity contribution >= 4 is 56.6 Å². The first-order chi connectivity index (χ1) is 16.1. The molecule has 4 rings (SSSR count). The number of hydrogen-bond donors (Lipinski definition) is 2. The van der Waals surface area contributed by atoms with Crippen molar-refractivity contribution in [2.45, 2.75) is 12.8 Å². The maximum absolute atomic E-state index is 12.5. The molecular weight excluding hydrogens is 512 g/mol. The molecule has 3 N–H and O–H groups in total. The van der Waals surface area contributed by atoms with Crippen molar-refractivity contribution in [3.8, 4) is 17.0 Å². The molecule has 0 aliphatic heterocycles. The van der Waals surface area contributed by atoms with Crippen LogP contribution in [0.5, 0.6) is 5.75 Å². The van der Waals surface area contributed by atoms with Crippen LogP contribution in [0.4, 0.5) is 19.1 Å². The predicted molar refractivity (Wildman–Crippen MR) is 126 cm³/mol. The molecule has 0 bridgehead atoms. The normalized spacial score (nSPS) is 11.6. The molecule has 2 heterocycles. The number of benzene rings is 2. The van der Waals surface area contributed by atoms with Crippen LogP contribution in [-0.2, 0) is 6.61 Å². The molecule has 2 aromatic heterocycles. The molecule has 0 spiro atoms. The van der Waals surface area contributed by atoms with E-state index >= 15 is 0 Å². The second kappa shape index (κ2) is 9.65. The minimum atomic E-state index is -4.53. The first-order valence-electron chi connectivity index (χ1n) is 9.69. The average Bonchev–Trinajstić information content (AvgIpc) is 3.21. The Hall–Kier alpha value is -3.08. The van der Waals surface area contributed by atoms with Gasteiger partial charge in [0.15, 0.2) is 0 Å². The van der Waals surface area contributed by atoms with E-state index in [4.69, 9.17) is 33.7 Å². The molecule has 6 nitrogen and oxygen atoms in total. The quantitative estimate of drug-likeness (QED) is 0.316. The number of amides is 1. The molecule has 0 aliphatic rings. The van der Waals surface area contributed by atoms with Crippen LogP contribution in [0.1, 0.15) is 15.2 Å². The molecule has 0 atom stereocenters. The van der Waals surface area contributed by atoms with Gasteiger partial charge < -0.3 is 15.8 Å². The van der Waals surface area contributed by atoms with Gasteiger partial charge in [0.25, 0.3) is 5.91 Å². The van der Waals surface area contributed by atoms with Crippen molar-refractivity contribution in [2.24, 2.45) is 0 Å². The Bertz CT molecular complexity index is 1360. The Labute approximate surface area is 205 Å². The minimum Gasteiger partial charge on any atom is -0.487 e. The van der Waals surface area contributed by atoms with Crippen molar-refractivity contribution in [1.82, 2.24) is 15.3 Å². The lowest BCUT2D eigenvalue weighted by Gasteiger charge is -2.12. The number of nitrogens with two attached hydrogens (primary N) is 1. The zero-order chi connectivity index (χ0) is 24.5. The first-order valence-corrected chi connectivity index (χ1v) is 11.3. The van der Waals surface area contributed by atoms with Gasteiger partial charge in [0, 0.05) is 10.9 Å². The van der Waals surface area contributed by atoms with E-state index in [-0.39, 0.29) is 27.5 Å². The van der Waals surface area contributed by atoms with E-state index in [1.54, 1.807) is 6.07 Å². The van der Waals surface area contributed by atoms with E-state index < -0.39 is 18.6 Å². The third-order valence-electron chi connectivity index (χ3n) is 4.60. The maximum atomic E-state index is 12.5. The Balaban J connectivity index is 1.71.